The zero-order valence-electron chi connectivity index (χ0n) is 7.74. The van der Waals surface area contributed by atoms with Crippen LogP contribution in [0.3, 0.4) is 0 Å². The fourth-order valence-electron chi connectivity index (χ4n) is 1.40. The molecule has 15 heavy (non-hydrogen) atoms. The van der Waals surface area contributed by atoms with Gasteiger partial charge in [-0.3, -0.25) is 4.79 Å². The summed E-state index contributed by atoms with van der Waals surface area (Å²) < 4.78 is 5.82. The number of carbonyl (C=O) groups is 1. The molecule has 0 spiro atoms. The Morgan fingerprint density at radius 2 is 2.33 bits per heavy atom. The summed E-state index contributed by atoms with van der Waals surface area (Å²) in [5.41, 5.74) is 1.65. The smallest absolute Gasteiger partial charge is 0.303 e. The van der Waals surface area contributed by atoms with Gasteiger partial charge in [0.05, 0.1) is 10.7 Å². The number of nitrogens with zero attached hydrogens (tertiary/aromatic N) is 1. The van der Waals surface area contributed by atoms with E-state index in [1.807, 2.05) is 12.1 Å². The molecule has 0 saturated carbocycles. The molecule has 4 nitrogen and oxygen atoms in total. The monoisotopic (exact) mass is 269 g/mol. The van der Waals surface area contributed by atoms with Crippen molar-refractivity contribution < 1.29 is 14.4 Å². The molecule has 1 N–H and O–H groups in total. The van der Waals surface area contributed by atoms with Crippen molar-refractivity contribution in [1.29, 1.82) is 0 Å². The van der Waals surface area contributed by atoms with E-state index in [2.05, 4.69) is 21.1 Å². The average Bonchev–Trinajstić information content (AvgIpc) is 2.63. The number of hydrogen-bond donors (Lipinski definition) is 1. The minimum Gasteiger partial charge on any atom is -0.481 e. The number of benzene rings is 1. The van der Waals surface area contributed by atoms with E-state index in [-0.39, 0.29) is 6.42 Å². The number of carboxylic acid groups (broad SMARTS) is 1. The van der Waals surface area contributed by atoms with Crippen molar-refractivity contribution in [3.8, 4) is 0 Å². The zero-order valence-corrected chi connectivity index (χ0v) is 9.32. The molecule has 5 heteroatoms. The molecule has 0 aliphatic carbocycles. The lowest BCUT2D eigenvalue weighted by atomic mass is 10.1. The van der Waals surface area contributed by atoms with Crippen LogP contribution in [-0.4, -0.2) is 16.2 Å². The van der Waals surface area contributed by atoms with Crippen LogP contribution in [0, 0.1) is 0 Å². The molecular weight excluding hydrogens is 262 g/mol. The molecule has 0 bridgehead atoms. The molecule has 1 aromatic heterocycles. The largest absolute Gasteiger partial charge is 0.481 e. The van der Waals surface area contributed by atoms with Crippen LogP contribution in [0.15, 0.2) is 27.3 Å². The fraction of sp³-hybridized carbons (Fsp3) is 0.200. The normalized spacial score (nSPS) is 10.7. The molecule has 1 aromatic carbocycles. The molecule has 0 saturated heterocycles. The Morgan fingerprint density at radius 1 is 1.53 bits per heavy atom. The highest BCUT2D eigenvalue weighted by Gasteiger charge is 2.07. The summed E-state index contributed by atoms with van der Waals surface area (Å²) in [5.74, 6) is -0.795. The van der Waals surface area contributed by atoms with Crippen LogP contribution in [0.5, 0.6) is 0 Å². The molecule has 2 rings (SSSR count). The predicted molar refractivity (Wildman–Crippen MR) is 57.7 cm³/mol. The first kappa shape index (κ1) is 10.2. The minimum absolute atomic E-state index is 0.128. The Kier molecular flexibility index (Phi) is 2.73. The molecule has 0 aliphatic rings. The minimum atomic E-state index is -0.795. The molecule has 78 valence electrons. The maximum absolute atomic E-state index is 10.4. The van der Waals surface area contributed by atoms with E-state index in [0.29, 0.717) is 12.0 Å². The standard InChI is InChI=1S/C10H8BrNO3/c11-8-4-6(1-2-9(13)14)3-7-5-12-15-10(7)8/h3-5H,1-2H2,(H,13,14). The van der Waals surface area contributed by atoms with Gasteiger partial charge in [0.2, 0.25) is 0 Å². The predicted octanol–water partition coefficient (Wildman–Crippen LogP) is 2.61. The molecule has 0 amide bonds. The third kappa shape index (κ3) is 2.18. The highest BCUT2D eigenvalue weighted by Crippen LogP contribution is 2.26. The molecule has 0 atom stereocenters. The molecule has 0 fully saturated rings. The summed E-state index contributed by atoms with van der Waals surface area (Å²) >= 11 is 3.35. The van der Waals surface area contributed by atoms with Gasteiger partial charge < -0.3 is 9.63 Å². The lowest BCUT2D eigenvalue weighted by molar-refractivity contribution is -0.136. The Balaban J connectivity index is 2.32. The number of carboxylic acids is 1. The fourth-order valence-corrected chi connectivity index (χ4v) is 1.99. The van der Waals surface area contributed by atoms with Crippen molar-refractivity contribution in [2.75, 3.05) is 0 Å². The van der Waals surface area contributed by atoms with E-state index in [9.17, 15) is 4.79 Å². The number of aliphatic carboxylic acids is 1. The lowest BCUT2D eigenvalue weighted by Crippen LogP contribution is -1.97. The summed E-state index contributed by atoms with van der Waals surface area (Å²) in [4.78, 5) is 10.4. The second-order valence-corrected chi connectivity index (χ2v) is 4.07. The molecule has 1 heterocycles. The molecule has 2 aromatic rings. The van der Waals surface area contributed by atoms with E-state index in [1.54, 1.807) is 6.20 Å². The van der Waals surface area contributed by atoms with Gasteiger partial charge in [-0.15, -0.1) is 0 Å². The van der Waals surface area contributed by atoms with Gasteiger partial charge >= 0.3 is 5.97 Å². The van der Waals surface area contributed by atoms with Crippen molar-refractivity contribution in [3.63, 3.8) is 0 Å². The highest BCUT2D eigenvalue weighted by atomic mass is 79.9. The Bertz CT molecular complexity index is 506. The van der Waals surface area contributed by atoms with E-state index in [1.165, 1.54) is 0 Å². The number of rotatable bonds is 3. The third-order valence-corrected chi connectivity index (χ3v) is 2.68. The zero-order chi connectivity index (χ0) is 10.8. The van der Waals surface area contributed by atoms with E-state index in [0.717, 1.165) is 15.4 Å². The topological polar surface area (TPSA) is 63.3 Å². The first-order chi connectivity index (χ1) is 7.16. The van der Waals surface area contributed by atoms with Crippen molar-refractivity contribution in [2.45, 2.75) is 12.8 Å². The van der Waals surface area contributed by atoms with Crippen molar-refractivity contribution in [2.24, 2.45) is 0 Å². The first-order valence-corrected chi connectivity index (χ1v) is 5.21. The van der Waals surface area contributed by atoms with Gasteiger partial charge in [-0.1, -0.05) is 5.16 Å². The van der Waals surface area contributed by atoms with Gasteiger partial charge in [-0.25, -0.2) is 0 Å². The highest BCUT2D eigenvalue weighted by molar-refractivity contribution is 9.10. The van der Waals surface area contributed by atoms with Crippen LogP contribution in [0.4, 0.5) is 0 Å². The number of aromatic nitrogens is 1. The summed E-state index contributed by atoms with van der Waals surface area (Å²) in [7, 11) is 0. The number of hydrogen-bond acceptors (Lipinski definition) is 3. The lowest BCUT2D eigenvalue weighted by Gasteiger charge is -1.99. The Labute approximate surface area is 94.0 Å². The van der Waals surface area contributed by atoms with Crippen molar-refractivity contribution in [1.82, 2.24) is 5.16 Å². The maximum atomic E-state index is 10.4. The molecule has 0 unspecified atom stereocenters. The van der Waals surface area contributed by atoms with Gasteiger partial charge in [-0.05, 0) is 40.0 Å². The summed E-state index contributed by atoms with van der Waals surface area (Å²) in [6, 6.07) is 3.75. The summed E-state index contributed by atoms with van der Waals surface area (Å²) in [6.45, 7) is 0. The summed E-state index contributed by atoms with van der Waals surface area (Å²) in [6.07, 6.45) is 2.25. The quantitative estimate of drug-likeness (QED) is 0.931. The SMILES string of the molecule is O=C(O)CCc1cc(Br)c2oncc2c1. The van der Waals surface area contributed by atoms with Gasteiger partial charge in [0.15, 0.2) is 5.58 Å². The number of fused-ring (bicyclic) bond motifs is 1. The van der Waals surface area contributed by atoms with E-state index >= 15 is 0 Å². The van der Waals surface area contributed by atoms with Crippen LogP contribution in [0.25, 0.3) is 11.0 Å². The Hall–Kier alpha value is -1.36. The van der Waals surface area contributed by atoms with Gasteiger partial charge in [0.25, 0.3) is 0 Å². The maximum Gasteiger partial charge on any atom is 0.303 e. The molecule has 0 aliphatic heterocycles. The van der Waals surface area contributed by atoms with Crippen LogP contribution in [0.2, 0.25) is 0 Å². The van der Waals surface area contributed by atoms with E-state index < -0.39 is 5.97 Å². The molecule has 0 radical (unpaired) electrons. The number of aryl methyl sites for hydroxylation is 1. The van der Waals surface area contributed by atoms with E-state index in [4.69, 9.17) is 9.63 Å². The van der Waals surface area contributed by atoms with Crippen LogP contribution >= 0.6 is 15.9 Å². The van der Waals surface area contributed by atoms with Gasteiger partial charge in [0.1, 0.15) is 0 Å². The Morgan fingerprint density at radius 3 is 3.07 bits per heavy atom. The average molecular weight is 270 g/mol. The van der Waals surface area contributed by atoms with Crippen molar-refractivity contribution >= 4 is 32.9 Å². The van der Waals surface area contributed by atoms with Gasteiger partial charge in [-0.2, -0.15) is 0 Å². The first-order valence-electron chi connectivity index (χ1n) is 4.41. The van der Waals surface area contributed by atoms with Crippen LogP contribution < -0.4 is 0 Å². The van der Waals surface area contributed by atoms with Gasteiger partial charge in [0, 0.05) is 11.8 Å². The molecular formula is C10H8BrNO3. The second-order valence-electron chi connectivity index (χ2n) is 3.22. The van der Waals surface area contributed by atoms with Crippen LogP contribution in [0.1, 0.15) is 12.0 Å². The summed E-state index contributed by atoms with van der Waals surface area (Å²) in [5, 5.41) is 13.1. The second kappa shape index (κ2) is 4.02. The van der Waals surface area contributed by atoms with Crippen LogP contribution in [-0.2, 0) is 11.2 Å². The third-order valence-electron chi connectivity index (χ3n) is 2.10. The van der Waals surface area contributed by atoms with Crippen molar-refractivity contribution in [3.05, 3.63) is 28.4 Å². The number of halogens is 1.